The third-order valence-corrected chi connectivity index (χ3v) is 0.698. The maximum absolute atomic E-state index is 10.1. The van der Waals surface area contributed by atoms with Gasteiger partial charge in [-0.25, -0.2) is 0 Å². The minimum Gasteiger partial charge on any atom is -0.481 e. The molecule has 1 N–H and O–H groups in total. The highest BCUT2D eigenvalue weighted by molar-refractivity contribution is 6.10. The van der Waals surface area contributed by atoms with Gasteiger partial charge in [-0.3, -0.25) is 4.79 Å². The van der Waals surface area contributed by atoms with Gasteiger partial charge in [0, 0.05) is 9.16 Å². The number of hydrogen-bond donors (Lipinski definition) is 1. The molecule has 64 valence electrons. The molecule has 0 aliphatic carbocycles. The fourth-order valence-corrected chi connectivity index (χ4v) is 0.267. The second-order valence-electron chi connectivity index (χ2n) is 1.98. The molecule has 0 bridgehead atoms. The fraction of sp³-hybridized carbons (Fsp3) is 0.714. The van der Waals surface area contributed by atoms with E-state index < -0.39 is 18.6 Å². The van der Waals surface area contributed by atoms with Gasteiger partial charge in [0.1, 0.15) is 5.78 Å². The van der Waals surface area contributed by atoms with Gasteiger partial charge in [0.2, 0.25) is 0 Å². The van der Waals surface area contributed by atoms with E-state index in [0.29, 0.717) is 0 Å². The Morgan fingerprint density at radius 3 is 1.75 bits per heavy atom. The number of carbonyl (C=O) groups excluding carboxylic acids is 1. The Balaban J connectivity index is 0. The van der Waals surface area contributed by atoms with Crippen LogP contribution in [0.25, 0.3) is 0 Å². The maximum atomic E-state index is 10.1. The van der Waals surface area contributed by atoms with Crippen LogP contribution in [-0.2, 0) is 9.59 Å². The molecule has 4 radical (unpaired) electrons. The highest BCUT2D eigenvalue weighted by Crippen LogP contribution is 1.82. The van der Waals surface area contributed by atoms with Gasteiger partial charge in [0.25, 0.3) is 0 Å². The number of carboxylic acid groups (broad SMARTS) is 1. The van der Waals surface area contributed by atoms with Gasteiger partial charge in [-0.15, -0.1) is 0 Å². The summed E-state index contributed by atoms with van der Waals surface area (Å²) < 4.78 is 13.2. The van der Waals surface area contributed by atoms with Crippen LogP contribution in [0.15, 0.2) is 0 Å². The largest absolute Gasteiger partial charge is 0.481 e. The molecule has 2 atom stereocenters. The van der Waals surface area contributed by atoms with Crippen molar-refractivity contribution in [3.05, 3.63) is 0 Å². The molecule has 0 saturated heterocycles. The molecule has 0 heterocycles. The Morgan fingerprint density at radius 2 is 1.75 bits per heavy atom. The third-order valence-electron chi connectivity index (χ3n) is 0.698. The SMILES string of the molecule is [2H]C([B])CC(=O)O.[2H]C([B])CC(C)=O. The van der Waals surface area contributed by atoms with Crippen molar-refractivity contribution in [2.45, 2.75) is 32.4 Å². The highest BCUT2D eigenvalue weighted by atomic mass is 16.4. The second kappa shape index (κ2) is 10.3. The Hall–Kier alpha value is -0.730. The average Bonchev–Trinajstić information content (AvgIpc) is 1.79. The highest BCUT2D eigenvalue weighted by Gasteiger charge is 1.87. The van der Waals surface area contributed by atoms with E-state index in [1.165, 1.54) is 6.92 Å². The van der Waals surface area contributed by atoms with Crippen molar-refractivity contribution in [1.82, 2.24) is 0 Å². The van der Waals surface area contributed by atoms with E-state index in [1.54, 1.807) is 0 Å². The molecule has 2 unspecified atom stereocenters. The molecular weight excluding hydrogens is 154 g/mol. The number of rotatable bonds is 4. The zero-order valence-electron chi connectivity index (χ0n) is 8.99. The molecule has 0 aliphatic heterocycles. The van der Waals surface area contributed by atoms with Crippen LogP contribution in [0.4, 0.5) is 0 Å². The van der Waals surface area contributed by atoms with Crippen LogP contribution in [0.3, 0.4) is 0 Å². The number of carbonyl (C=O) groups is 2. The number of aliphatic carboxylic acids is 1. The normalized spacial score (nSPS) is 15.8. The molecule has 0 aliphatic rings. The number of hydrogen-bond acceptors (Lipinski definition) is 2. The minimum atomic E-state index is -1.03. The van der Waals surface area contributed by atoms with Gasteiger partial charge in [0.15, 0.2) is 0 Å². The van der Waals surface area contributed by atoms with E-state index in [9.17, 15) is 9.59 Å². The van der Waals surface area contributed by atoms with E-state index in [1.807, 2.05) is 0 Å². The van der Waals surface area contributed by atoms with E-state index in [2.05, 4.69) is 0 Å². The summed E-state index contributed by atoms with van der Waals surface area (Å²) in [4.78, 5) is 19.7. The molecule has 0 aromatic heterocycles. The van der Waals surface area contributed by atoms with Crippen molar-refractivity contribution in [1.29, 1.82) is 0 Å². The first-order valence-electron chi connectivity index (χ1n) is 4.48. The first kappa shape index (κ1) is 9.36. The van der Waals surface area contributed by atoms with Gasteiger partial charge in [-0.2, -0.15) is 0 Å². The van der Waals surface area contributed by atoms with Gasteiger partial charge >= 0.3 is 5.97 Å². The van der Waals surface area contributed by atoms with Gasteiger partial charge in [0.05, 0.1) is 15.7 Å². The second-order valence-corrected chi connectivity index (χ2v) is 1.98. The fourth-order valence-electron chi connectivity index (χ4n) is 0.267. The van der Waals surface area contributed by atoms with Crippen LogP contribution in [0.2, 0.25) is 12.6 Å². The van der Waals surface area contributed by atoms with Crippen LogP contribution in [0.1, 0.15) is 22.5 Å². The summed E-state index contributed by atoms with van der Waals surface area (Å²) in [5.74, 6) is -1.05. The van der Waals surface area contributed by atoms with Gasteiger partial charge < -0.3 is 9.90 Å². The zero-order valence-corrected chi connectivity index (χ0v) is 6.99. The lowest BCUT2D eigenvalue weighted by molar-refractivity contribution is -0.136. The summed E-state index contributed by atoms with van der Waals surface area (Å²) in [5, 5.41) is 7.88. The lowest BCUT2D eigenvalue weighted by atomic mass is 10.0. The number of carboxylic acids is 1. The van der Waals surface area contributed by atoms with E-state index in [0.717, 1.165) is 0 Å². The molecule has 0 aromatic rings. The standard InChI is InChI=1S/C4H7BO.C3H5BO2/c1-4(6)2-3-5;4-2-1-3(5)6/h2-3H2,1H3;1-2H2,(H,5,6)/i3D;2D. The van der Waals surface area contributed by atoms with E-state index in [-0.39, 0.29) is 18.6 Å². The van der Waals surface area contributed by atoms with Crippen molar-refractivity contribution < 1.29 is 17.4 Å². The Kier molecular flexibility index (Phi) is 8.01. The van der Waals surface area contributed by atoms with Crippen molar-refractivity contribution in [2.24, 2.45) is 0 Å². The number of ketones is 1. The predicted octanol–water partition coefficient (Wildman–Crippen LogP) is 0.600. The molecule has 0 amide bonds. The molecule has 12 heavy (non-hydrogen) atoms. The first-order valence-corrected chi connectivity index (χ1v) is 3.32. The summed E-state index contributed by atoms with van der Waals surface area (Å²) in [6.45, 7) is 1.42. The molecule has 5 heteroatoms. The van der Waals surface area contributed by atoms with Crippen molar-refractivity contribution in [2.75, 3.05) is 0 Å². The van der Waals surface area contributed by atoms with E-state index in [4.69, 9.17) is 23.5 Å². The monoisotopic (exact) mass is 168 g/mol. The summed E-state index contributed by atoms with van der Waals surface area (Å²) >= 11 is 0. The summed E-state index contributed by atoms with van der Waals surface area (Å²) in [6, 6.07) is 0. The first-order chi connectivity index (χ1) is 6.25. The molecule has 0 fully saturated rings. The minimum absolute atomic E-state index is 0.0255. The summed E-state index contributed by atoms with van der Waals surface area (Å²) in [7, 11) is 9.72. The van der Waals surface area contributed by atoms with Crippen LogP contribution in [-0.4, -0.2) is 32.6 Å². The lowest BCUT2D eigenvalue weighted by Crippen LogP contribution is -1.91. The Morgan fingerprint density at radius 1 is 1.33 bits per heavy atom. The van der Waals surface area contributed by atoms with Crippen molar-refractivity contribution in [3.63, 3.8) is 0 Å². The topological polar surface area (TPSA) is 54.4 Å². The Labute approximate surface area is 78.2 Å². The third kappa shape index (κ3) is 22.8. The molecular formula is C7H12B2O3. The van der Waals surface area contributed by atoms with E-state index >= 15 is 0 Å². The van der Waals surface area contributed by atoms with Gasteiger partial charge in [-0.05, 0) is 13.3 Å². The average molecular weight is 168 g/mol. The summed E-state index contributed by atoms with van der Waals surface area (Å²) in [6.07, 6.45) is -1.81. The van der Waals surface area contributed by atoms with Crippen LogP contribution >= 0.6 is 0 Å². The molecule has 0 aromatic carbocycles. The van der Waals surface area contributed by atoms with Crippen LogP contribution in [0, 0.1) is 0 Å². The number of Topliss-reactive ketones (excluding diaryl/α,β-unsaturated/α-hetero) is 1. The zero-order chi connectivity index (χ0) is 11.7. The van der Waals surface area contributed by atoms with Crippen LogP contribution < -0.4 is 0 Å². The quantitative estimate of drug-likeness (QED) is 0.625. The van der Waals surface area contributed by atoms with Crippen molar-refractivity contribution >= 4 is 27.4 Å². The predicted molar refractivity (Wildman–Crippen MR) is 48.7 cm³/mol. The molecule has 0 spiro atoms. The van der Waals surface area contributed by atoms with Gasteiger partial charge in [-0.1, -0.05) is 12.6 Å². The van der Waals surface area contributed by atoms with Crippen LogP contribution in [0.5, 0.6) is 0 Å². The molecule has 0 rings (SSSR count). The molecule has 0 saturated carbocycles. The smallest absolute Gasteiger partial charge is 0.302 e. The lowest BCUT2D eigenvalue weighted by Gasteiger charge is -1.80. The molecule has 3 nitrogen and oxygen atoms in total. The van der Waals surface area contributed by atoms with Crippen molar-refractivity contribution in [3.8, 4) is 0 Å². The summed E-state index contributed by atoms with van der Waals surface area (Å²) in [5.41, 5.74) is 0. The maximum Gasteiger partial charge on any atom is 0.302 e. The Bertz CT molecular complexity index is 166.